The number of nitrogens with one attached hydrogen (secondary N) is 1. The Labute approximate surface area is 118 Å². The summed E-state index contributed by atoms with van der Waals surface area (Å²) in [5, 5.41) is 15.8. The van der Waals surface area contributed by atoms with Gasteiger partial charge in [0.1, 0.15) is 0 Å². The maximum Gasteiger partial charge on any atom is 0.165 e. The van der Waals surface area contributed by atoms with Crippen molar-refractivity contribution >= 4 is 11.6 Å². The maximum absolute atomic E-state index is 6.14. The van der Waals surface area contributed by atoms with Gasteiger partial charge in [-0.3, -0.25) is 0 Å². The molecule has 1 heterocycles. The second-order valence-electron chi connectivity index (χ2n) is 4.87. The molecule has 0 aliphatic rings. The van der Waals surface area contributed by atoms with Gasteiger partial charge in [0.2, 0.25) is 0 Å². The van der Waals surface area contributed by atoms with Crippen LogP contribution in [0, 0.1) is 5.92 Å². The molecule has 0 saturated carbocycles. The van der Waals surface area contributed by atoms with Crippen LogP contribution in [0.25, 0.3) is 0 Å². The molecule has 2 aromatic rings. The Bertz CT molecular complexity index is 523. The van der Waals surface area contributed by atoms with Crippen LogP contribution in [0.4, 0.5) is 0 Å². The van der Waals surface area contributed by atoms with E-state index in [9.17, 15) is 0 Å². The molecule has 0 saturated heterocycles. The first kappa shape index (κ1) is 14.0. The van der Waals surface area contributed by atoms with Crippen molar-refractivity contribution < 1.29 is 0 Å². The van der Waals surface area contributed by atoms with Crippen molar-refractivity contribution in [2.24, 2.45) is 5.92 Å². The summed E-state index contributed by atoms with van der Waals surface area (Å²) >= 11 is 6.14. The highest BCUT2D eigenvalue weighted by Gasteiger charge is 2.08. The summed E-state index contributed by atoms with van der Waals surface area (Å²) in [6.07, 6.45) is 0. The lowest BCUT2D eigenvalue weighted by atomic mass is 10.2. The van der Waals surface area contributed by atoms with Gasteiger partial charge in [-0.1, -0.05) is 43.6 Å². The molecule has 1 aromatic heterocycles. The van der Waals surface area contributed by atoms with E-state index < -0.39 is 0 Å². The van der Waals surface area contributed by atoms with Gasteiger partial charge in [-0.2, -0.15) is 0 Å². The standard InChI is InChI=1S/C13H18ClN5/c1-10(2)7-15-8-13-16-17-18-19(13)9-11-5-3-4-6-12(11)14/h3-6,10,15H,7-9H2,1-2H3. The van der Waals surface area contributed by atoms with Crippen molar-refractivity contribution in [3.8, 4) is 0 Å². The topological polar surface area (TPSA) is 55.6 Å². The first-order valence-electron chi connectivity index (χ1n) is 6.36. The minimum atomic E-state index is 0.589. The molecule has 1 aromatic carbocycles. The molecule has 0 radical (unpaired) electrons. The van der Waals surface area contributed by atoms with Gasteiger partial charge in [0, 0.05) is 5.02 Å². The number of benzene rings is 1. The van der Waals surface area contributed by atoms with Gasteiger partial charge in [-0.15, -0.1) is 5.10 Å². The van der Waals surface area contributed by atoms with Crippen LogP contribution in [0.3, 0.4) is 0 Å². The number of tetrazole rings is 1. The summed E-state index contributed by atoms with van der Waals surface area (Å²) in [6, 6.07) is 7.73. The van der Waals surface area contributed by atoms with Crippen molar-refractivity contribution in [1.29, 1.82) is 0 Å². The highest BCUT2D eigenvalue weighted by molar-refractivity contribution is 6.31. The highest BCUT2D eigenvalue weighted by atomic mass is 35.5. The van der Waals surface area contributed by atoms with Gasteiger partial charge < -0.3 is 5.32 Å². The molecular formula is C13H18ClN5. The Morgan fingerprint density at radius 1 is 1.32 bits per heavy atom. The summed E-state index contributed by atoms with van der Waals surface area (Å²) in [6.45, 7) is 6.53. The van der Waals surface area contributed by atoms with Crippen molar-refractivity contribution in [2.45, 2.75) is 26.9 Å². The number of nitrogens with zero attached hydrogens (tertiary/aromatic N) is 4. The van der Waals surface area contributed by atoms with E-state index in [0.29, 0.717) is 19.0 Å². The van der Waals surface area contributed by atoms with E-state index in [2.05, 4.69) is 34.7 Å². The Hall–Kier alpha value is -1.46. The zero-order chi connectivity index (χ0) is 13.7. The van der Waals surface area contributed by atoms with Crippen LogP contribution in [-0.2, 0) is 13.1 Å². The molecule has 0 unspecified atom stereocenters. The van der Waals surface area contributed by atoms with Gasteiger partial charge in [0.25, 0.3) is 0 Å². The van der Waals surface area contributed by atoms with Crippen LogP contribution in [-0.4, -0.2) is 26.8 Å². The van der Waals surface area contributed by atoms with Crippen LogP contribution in [0.5, 0.6) is 0 Å². The van der Waals surface area contributed by atoms with Crippen LogP contribution in [0.1, 0.15) is 25.2 Å². The lowest BCUT2D eigenvalue weighted by molar-refractivity contribution is 0.523. The van der Waals surface area contributed by atoms with E-state index in [1.54, 1.807) is 4.68 Å². The predicted octanol–water partition coefficient (Wildman–Crippen LogP) is 2.12. The van der Waals surface area contributed by atoms with Crippen LogP contribution in [0.2, 0.25) is 5.02 Å². The fraction of sp³-hybridized carbons (Fsp3) is 0.462. The average Bonchev–Trinajstić information content (AvgIpc) is 2.79. The van der Waals surface area contributed by atoms with Gasteiger partial charge >= 0.3 is 0 Å². The van der Waals surface area contributed by atoms with E-state index in [-0.39, 0.29) is 0 Å². The van der Waals surface area contributed by atoms with E-state index in [1.807, 2.05) is 24.3 Å². The third-order valence-corrected chi connectivity index (χ3v) is 3.09. The number of hydrogen-bond acceptors (Lipinski definition) is 4. The SMILES string of the molecule is CC(C)CNCc1nnnn1Cc1ccccc1Cl. The molecule has 0 amide bonds. The zero-order valence-electron chi connectivity index (χ0n) is 11.2. The molecule has 0 atom stereocenters. The fourth-order valence-electron chi connectivity index (χ4n) is 1.73. The second kappa shape index (κ2) is 6.63. The van der Waals surface area contributed by atoms with Gasteiger partial charge in [0.05, 0.1) is 13.1 Å². The number of hydrogen-bond donors (Lipinski definition) is 1. The molecule has 0 bridgehead atoms. The van der Waals surface area contributed by atoms with Gasteiger partial charge in [0.15, 0.2) is 5.82 Å². The first-order valence-corrected chi connectivity index (χ1v) is 6.73. The monoisotopic (exact) mass is 279 g/mol. The Balaban J connectivity index is 2.01. The third-order valence-electron chi connectivity index (χ3n) is 2.72. The van der Waals surface area contributed by atoms with Crippen LogP contribution >= 0.6 is 11.6 Å². The third kappa shape index (κ3) is 4.01. The fourth-order valence-corrected chi connectivity index (χ4v) is 1.93. The highest BCUT2D eigenvalue weighted by Crippen LogP contribution is 2.16. The molecule has 2 rings (SSSR count). The second-order valence-corrected chi connectivity index (χ2v) is 5.28. The molecule has 5 nitrogen and oxygen atoms in total. The minimum absolute atomic E-state index is 0.589. The Kier molecular flexibility index (Phi) is 4.87. The van der Waals surface area contributed by atoms with E-state index in [1.165, 1.54) is 0 Å². The van der Waals surface area contributed by atoms with Crippen LogP contribution < -0.4 is 5.32 Å². The van der Waals surface area contributed by atoms with Crippen molar-refractivity contribution in [2.75, 3.05) is 6.54 Å². The predicted molar refractivity (Wildman–Crippen MR) is 74.9 cm³/mol. The van der Waals surface area contributed by atoms with Crippen molar-refractivity contribution in [3.63, 3.8) is 0 Å². The minimum Gasteiger partial charge on any atom is -0.310 e. The number of halogens is 1. The molecular weight excluding hydrogens is 262 g/mol. The molecule has 6 heteroatoms. The summed E-state index contributed by atoms with van der Waals surface area (Å²) in [7, 11) is 0. The Morgan fingerprint density at radius 3 is 2.84 bits per heavy atom. The molecule has 1 N–H and O–H groups in total. The number of aromatic nitrogens is 4. The first-order chi connectivity index (χ1) is 9.16. The van der Waals surface area contributed by atoms with E-state index in [4.69, 9.17) is 11.6 Å². The summed E-state index contributed by atoms with van der Waals surface area (Å²) in [5.41, 5.74) is 1.02. The maximum atomic E-state index is 6.14. The van der Waals surface area contributed by atoms with Crippen molar-refractivity contribution in [3.05, 3.63) is 40.7 Å². The lowest BCUT2D eigenvalue weighted by Crippen LogP contribution is -2.22. The molecule has 0 aliphatic carbocycles. The van der Waals surface area contributed by atoms with Gasteiger partial charge in [-0.05, 0) is 34.5 Å². The molecule has 0 aliphatic heterocycles. The van der Waals surface area contributed by atoms with E-state index in [0.717, 1.165) is 23.0 Å². The number of rotatable bonds is 6. The average molecular weight is 280 g/mol. The lowest BCUT2D eigenvalue weighted by Gasteiger charge is -2.08. The molecule has 0 fully saturated rings. The smallest absolute Gasteiger partial charge is 0.165 e. The molecule has 102 valence electrons. The summed E-state index contributed by atoms with van der Waals surface area (Å²) in [4.78, 5) is 0. The normalized spacial score (nSPS) is 11.2. The van der Waals surface area contributed by atoms with Crippen LogP contribution in [0.15, 0.2) is 24.3 Å². The quantitative estimate of drug-likeness (QED) is 0.880. The Morgan fingerprint density at radius 2 is 2.11 bits per heavy atom. The van der Waals surface area contributed by atoms with E-state index >= 15 is 0 Å². The molecule has 19 heavy (non-hydrogen) atoms. The largest absolute Gasteiger partial charge is 0.310 e. The summed E-state index contributed by atoms with van der Waals surface area (Å²) < 4.78 is 1.77. The molecule has 0 spiro atoms. The zero-order valence-corrected chi connectivity index (χ0v) is 11.9. The van der Waals surface area contributed by atoms with Gasteiger partial charge in [-0.25, -0.2) is 4.68 Å². The summed E-state index contributed by atoms with van der Waals surface area (Å²) in [5.74, 6) is 1.42. The van der Waals surface area contributed by atoms with Crippen molar-refractivity contribution in [1.82, 2.24) is 25.5 Å².